The quantitative estimate of drug-likeness (QED) is 0.439. The van der Waals surface area contributed by atoms with E-state index in [4.69, 9.17) is 16.6 Å². The maximum atomic E-state index is 13.3. The van der Waals surface area contributed by atoms with Crippen LogP contribution in [0.2, 0.25) is 0 Å². The fourth-order valence-electron chi connectivity index (χ4n) is 4.64. The Morgan fingerprint density at radius 2 is 1.97 bits per heavy atom. The molecule has 2 unspecified atom stereocenters. The van der Waals surface area contributed by atoms with Gasteiger partial charge in [0.15, 0.2) is 5.69 Å². The summed E-state index contributed by atoms with van der Waals surface area (Å²) < 4.78 is 46.0. The number of fused-ring (bicyclic) bond motifs is 5. The summed E-state index contributed by atoms with van der Waals surface area (Å²) in [5.41, 5.74) is -4.23. The van der Waals surface area contributed by atoms with Crippen LogP contribution in [0, 0.1) is 29.7 Å². The molecule has 3 aliphatic heterocycles. The van der Waals surface area contributed by atoms with Crippen LogP contribution in [0.3, 0.4) is 0 Å². The molecule has 0 spiro atoms. The Morgan fingerprint density at radius 1 is 1.28 bits per heavy atom. The predicted molar refractivity (Wildman–Crippen MR) is 93.4 cm³/mol. The van der Waals surface area contributed by atoms with E-state index >= 15 is 0 Å². The first kappa shape index (κ1) is 19.2. The summed E-state index contributed by atoms with van der Waals surface area (Å²) in [4.78, 5) is 29.9. The van der Waals surface area contributed by atoms with Crippen LogP contribution in [0.15, 0.2) is 30.4 Å². The number of benzene rings is 1. The van der Waals surface area contributed by atoms with E-state index in [-0.39, 0.29) is 18.5 Å². The van der Waals surface area contributed by atoms with Gasteiger partial charge in [-0.15, -0.1) is 0 Å². The van der Waals surface area contributed by atoms with Gasteiger partial charge in [0.05, 0.1) is 35.6 Å². The van der Waals surface area contributed by atoms with Gasteiger partial charge >= 0.3 is 6.18 Å². The smallest absolute Gasteiger partial charge is 0.359 e. The topological polar surface area (TPSA) is 74.8 Å². The molecule has 2 amide bonds. The summed E-state index contributed by atoms with van der Waals surface area (Å²) in [7, 11) is 0. The lowest BCUT2D eigenvalue weighted by Gasteiger charge is -2.28. The SMILES string of the molecule is [C-]#[N+]c1ccc(N2C(=O)[C@@H]3[C@H](C2=O)C2(C)C=CC3(CCC#N)O2)cc1C(F)(F)F. The van der Waals surface area contributed by atoms with Crippen molar-refractivity contribution in [3.63, 3.8) is 0 Å². The van der Waals surface area contributed by atoms with Crippen molar-refractivity contribution in [2.24, 2.45) is 11.8 Å². The van der Waals surface area contributed by atoms with Gasteiger partial charge in [-0.3, -0.25) is 9.59 Å². The van der Waals surface area contributed by atoms with Crippen LogP contribution < -0.4 is 4.90 Å². The van der Waals surface area contributed by atoms with Crippen molar-refractivity contribution in [1.82, 2.24) is 0 Å². The minimum atomic E-state index is -4.80. The lowest BCUT2D eigenvalue weighted by atomic mass is 9.71. The molecule has 0 aromatic heterocycles. The van der Waals surface area contributed by atoms with E-state index in [1.165, 1.54) is 6.07 Å². The third-order valence-electron chi connectivity index (χ3n) is 5.85. The van der Waals surface area contributed by atoms with E-state index in [0.717, 1.165) is 11.0 Å². The molecule has 2 bridgehead atoms. The first-order valence-corrected chi connectivity index (χ1v) is 8.82. The molecule has 2 fully saturated rings. The Hall–Kier alpha value is -3.17. The maximum Gasteiger partial charge on any atom is 0.407 e. The second-order valence-electron chi connectivity index (χ2n) is 7.51. The van der Waals surface area contributed by atoms with Crippen molar-refractivity contribution in [3.05, 3.63) is 47.3 Å². The highest BCUT2D eigenvalue weighted by Gasteiger charge is 2.71. The summed E-state index contributed by atoms with van der Waals surface area (Å²) >= 11 is 0. The van der Waals surface area contributed by atoms with Crippen LogP contribution in [-0.2, 0) is 20.5 Å². The Bertz CT molecular complexity index is 1050. The maximum absolute atomic E-state index is 13.3. The number of anilines is 1. The van der Waals surface area contributed by atoms with E-state index in [1.807, 2.05) is 6.07 Å². The van der Waals surface area contributed by atoms with Crippen LogP contribution >= 0.6 is 0 Å². The fraction of sp³-hybridized carbons (Fsp3) is 0.400. The second-order valence-corrected chi connectivity index (χ2v) is 7.51. The number of alkyl halides is 3. The van der Waals surface area contributed by atoms with Crippen LogP contribution in [0.5, 0.6) is 0 Å². The molecule has 1 aromatic rings. The third-order valence-corrected chi connectivity index (χ3v) is 5.85. The number of halogens is 3. The van der Waals surface area contributed by atoms with Crippen molar-refractivity contribution in [1.29, 1.82) is 5.26 Å². The molecule has 6 nitrogen and oxygen atoms in total. The van der Waals surface area contributed by atoms with Gasteiger partial charge in [0.2, 0.25) is 11.8 Å². The molecular weight excluding hydrogens is 387 g/mol. The van der Waals surface area contributed by atoms with Gasteiger partial charge < -0.3 is 4.74 Å². The molecule has 9 heteroatoms. The fourth-order valence-corrected chi connectivity index (χ4v) is 4.64. The van der Waals surface area contributed by atoms with Gasteiger partial charge in [0, 0.05) is 12.1 Å². The molecule has 3 aliphatic rings. The molecule has 29 heavy (non-hydrogen) atoms. The number of ether oxygens (including phenoxy) is 1. The highest BCUT2D eigenvalue weighted by molar-refractivity contribution is 6.23. The molecule has 4 rings (SSSR count). The summed E-state index contributed by atoms with van der Waals surface area (Å²) in [5.74, 6) is -3.09. The van der Waals surface area contributed by atoms with E-state index in [2.05, 4.69) is 4.85 Å². The molecule has 0 radical (unpaired) electrons. The number of carbonyl (C=O) groups excluding carboxylic acids is 2. The van der Waals surface area contributed by atoms with Gasteiger partial charge in [-0.25, -0.2) is 9.74 Å². The number of carbonyl (C=O) groups is 2. The van der Waals surface area contributed by atoms with Crippen molar-refractivity contribution in [3.8, 4) is 6.07 Å². The first-order chi connectivity index (χ1) is 13.6. The summed E-state index contributed by atoms with van der Waals surface area (Å²) in [6.45, 7) is 8.58. The Balaban J connectivity index is 1.78. The zero-order chi connectivity index (χ0) is 21.2. The van der Waals surface area contributed by atoms with Gasteiger partial charge in [-0.2, -0.15) is 18.4 Å². The van der Waals surface area contributed by atoms with Crippen LogP contribution in [0.25, 0.3) is 4.85 Å². The average molecular weight is 401 g/mol. The lowest BCUT2D eigenvalue weighted by molar-refractivity contribution is -0.137. The third kappa shape index (κ3) is 2.51. The zero-order valence-corrected chi connectivity index (χ0v) is 15.2. The summed E-state index contributed by atoms with van der Waals surface area (Å²) in [6, 6.07) is 4.77. The minimum Gasteiger partial charge on any atom is -0.359 e. The second kappa shape index (κ2) is 5.91. The molecule has 148 valence electrons. The Kier molecular flexibility index (Phi) is 3.91. The molecular formula is C20H14F3N3O3. The van der Waals surface area contributed by atoms with Gasteiger partial charge in [-0.1, -0.05) is 18.2 Å². The molecule has 3 heterocycles. The minimum absolute atomic E-state index is 0.100. The molecule has 0 aliphatic carbocycles. The van der Waals surface area contributed by atoms with E-state index in [9.17, 15) is 22.8 Å². The van der Waals surface area contributed by atoms with Gasteiger partial charge in [-0.05, 0) is 25.5 Å². The molecule has 0 N–H and O–H groups in total. The standard InChI is InChI=1S/C20H14F3N3O3/c1-18-7-8-19(29-18,6-3-9-24)15-14(18)16(27)26(17(15)28)11-4-5-13(25-2)12(10-11)20(21,22)23/h4-5,7-8,10,14-15H,3,6H2,1H3/t14-,15+,18?,19?/m1/s1. The number of rotatable bonds is 3. The number of imide groups is 1. The highest BCUT2D eigenvalue weighted by atomic mass is 19.4. The largest absolute Gasteiger partial charge is 0.407 e. The van der Waals surface area contributed by atoms with Crippen molar-refractivity contribution in [2.75, 3.05) is 4.90 Å². The number of nitriles is 1. The van der Waals surface area contributed by atoms with E-state index in [1.54, 1.807) is 19.1 Å². The summed E-state index contributed by atoms with van der Waals surface area (Å²) in [5, 5.41) is 8.94. The van der Waals surface area contributed by atoms with Crippen LogP contribution in [0.4, 0.5) is 24.5 Å². The van der Waals surface area contributed by atoms with Crippen LogP contribution in [0.1, 0.15) is 25.3 Å². The molecule has 2 saturated heterocycles. The van der Waals surface area contributed by atoms with E-state index < -0.39 is 52.3 Å². The summed E-state index contributed by atoms with van der Waals surface area (Å²) in [6.07, 6.45) is -1.13. The normalized spacial score (nSPS) is 32.4. The van der Waals surface area contributed by atoms with Crippen molar-refractivity contribution >= 4 is 23.2 Å². The number of hydrogen-bond acceptors (Lipinski definition) is 4. The Morgan fingerprint density at radius 3 is 2.59 bits per heavy atom. The predicted octanol–water partition coefficient (Wildman–Crippen LogP) is 3.76. The van der Waals surface area contributed by atoms with Gasteiger partial charge in [0.1, 0.15) is 5.60 Å². The van der Waals surface area contributed by atoms with Crippen molar-refractivity contribution in [2.45, 2.75) is 37.1 Å². The lowest BCUT2D eigenvalue weighted by Crippen LogP contribution is -2.41. The van der Waals surface area contributed by atoms with E-state index in [0.29, 0.717) is 6.07 Å². The number of hydrogen-bond donors (Lipinski definition) is 0. The van der Waals surface area contributed by atoms with Crippen LogP contribution in [-0.4, -0.2) is 23.0 Å². The van der Waals surface area contributed by atoms with Crippen molar-refractivity contribution < 1.29 is 27.5 Å². The highest BCUT2D eigenvalue weighted by Crippen LogP contribution is 2.59. The Labute approximate surface area is 164 Å². The first-order valence-electron chi connectivity index (χ1n) is 8.82. The molecule has 1 aromatic carbocycles. The number of amides is 2. The monoisotopic (exact) mass is 401 g/mol. The molecule has 4 atom stereocenters. The van der Waals surface area contributed by atoms with Gasteiger partial charge in [0.25, 0.3) is 0 Å². The number of nitrogens with zero attached hydrogens (tertiary/aromatic N) is 3. The average Bonchev–Trinajstić information content (AvgIpc) is 3.24. The zero-order valence-electron chi connectivity index (χ0n) is 15.2. The molecule has 0 saturated carbocycles.